The van der Waals surface area contributed by atoms with E-state index < -0.39 is 17.9 Å². The lowest BCUT2D eigenvalue weighted by Gasteiger charge is -2.15. The van der Waals surface area contributed by atoms with Gasteiger partial charge in [0, 0.05) is 6.20 Å². The monoisotopic (exact) mass is 331 g/mol. The first-order valence-corrected chi connectivity index (χ1v) is 7.42. The fraction of sp³-hybridized carbons (Fsp3) is 0.353. The van der Waals surface area contributed by atoms with E-state index in [0.717, 1.165) is 6.20 Å². The molecule has 1 rings (SSSR count). The Morgan fingerprint density at radius 1 is 1.38 bits per heavy atom. The lowest BCUT2D eigenvalue weighted by molar-refractivity contribution is -0.139. The van der Waals surface area contributed by atoms with Gasteiger partial charge >= 0.3 is 5.97 Å². The van der Waals surface area contributed by atoms with Crippen molar-refractivity contribution in [2.24, 2.45) is 5.92 Å². The Morgan fingerprint density at radius 2 is 2.04 bits per heavy atom. The van der Waals surface area contributed by atoms with Crippen molar-refractivity contribution in [2.45, 2.75) is 26.3 Å². The van der Waals surface area contributed by atoms with Crippen LogP contribution in [0.3, 0.4) is 0 Å². The highest BCUT2D eigenvalue weighted by atomic mass is 16.5. The van der Waals surface area contributed by atoms with Crippen molar-refractivity contribution in [2.75, 3.05) is 12.4 Å². The number of anilines is 1. The number of nitriles is 1. The SMILES string of the molecule is COc1ccccc1NC(=O)/C(C#N)=C\NC(CC(C)C)C(=O)O. The molecule has 1 amide bonds. The Labute approximate surface area is 140 Å². The number of rotatable bonds is 8. The molecule has 0 spiro atoms. The van der Waals surface area contributed by atoms with Gasteiger partial charge in [0.1, 0.15) is 23.4 Å². The molecule has 0 aliphatic carbocycles. The summed E-state index contributed by atoms with van der Waals surface area (Å²) in [5, 5.41) is 23.5. The molecule has 0 aliphatic heterocycles. The predicted molar refractivity (Wildman–Crippen MR) is 89.3 cm³/mol. The zero-order chi connectivity index (χ0) is 18.1. The van der Waals surface area contributed by atoms with Gasteiger partial charge in [-0.3, -0.25) is 4.79 Å². The quantitative estimate of drug-likeness (QED) is 0.497. The minimum Gasteiger partial charge on any atom is -0.495 e. The van der Waals surface area contributed by atoms with E-state index in [0.29, 0.717) is 17.9 Å². The zero-order valence-electron chi connectivity index (χ0n) is 13.9. The summed E-state index contributed by atoms with van der Waals surface area (Å²) < 4.78 is 5.12. The summed E-state index contributed by atoms with van der Waals surface area (Å²) in [7, 11) is 1.47. The number of carboxylic acids is 1. The highest BCUT2D eigenvalue weighted by Crippen LogP contribution is 2.23. The number of hydrogen-bond donors (Lipinski definition) is 3. The molecule has 0 heterocycles. The van der Waals surface area contributed by atoms with Crippen LogP contribution in [0.25, 0.3) is 0 Å². The van der Waals surface area contributed by atoms with E-state index in [1.165, 1.54) is 7.11 Å². The highest BCUT2D eigenvalue weighted by Gasteiger charge is 2.18. The smallest absolute Gasteiger partial charge is 0.326 e. The van der Waals surface area contributed by atoms with E-state index in [4.69, 9.17) is 15.1 Å². The van der Waals surface area contributed by atoms with Gasteiger partial charge in [-0.2, -0.15) is 5.26 Å². The molecule has 0 radical (unpaired) electrons. The second-order valence-corrected chi connectivity index (χ2v) is 5.51. The fourth-order valence-electron chi connectivity index (χ4n) is 1.98. The van der Waals surface area contributed by atoms with Crippen LogP contribution in [0.5, 0.6) is 5.75 Å². The van der Waals surface area contributed by atoms with Gasteiger partial charge in [0.05, 0.1) is 12.8 Å². The average molecular weight is 331 g/mol. The molecule has 3 N–H and O–H groups in total. The Kier molecular flexibility index (Phi) is 7.30. The van der Waals surface area contributed by atoms with Gasteiger partial charge in [-0.25, -0.2) is 4.79 Å². The molecule has 0 saturated carbocycles. The Hall–Kier alpha value is -3.01. The van der Waals surface area contributed by atoms with Gasteiger partial charge in [-0.05, 0) is 24.5 Å². The standard InChI is InChI=1S/C17H21N3O4/c1-11(2)8-14(17(22)23)19-10-12(9-18)16(21)20-13-6-4-5-7-15(13)24-3/h4-7,10-11,14,19H,8H2,1-3H3,(H,20,21)(H,22,23)/b12-10-. The Morgan fingerprint density at radius 3 is 2.58 bits per heavy atom. The molecule has 1 unspecified atom stereocenters. The van der Waals surface area contributed by atoms with E-state index in [1.54, 1.807) is 30.3 Å². The number of hydrogen-bond acceptors (Lipinski definition) is 5. The van der Waals surface area contributed by atoms with E-state index >= 15 is 0 Å². The molecule has 128 valence electrons. The maximum atomic E-state index is 12.2. The summed E-state index contributed by atoms with van der Waals surface area (Å²) in [5.74, 6) is -1.08. The summed E-state index contributed by atoms with van der Waals surface area (Å²) in [6.07, 6.45) is 1.50. The van der Waals surface area contributed by atoms with Gasteiger partial charge in [-0.15, -0.1) is 0 Å². The third-order valence-corrected chi connectivity index (χ3v) is 3.15. The van der Waals surface area contributed by atoms with Crippen LogP contribution in [0.15, 0.2) is 36.0 Å². The summed E-state index contributed by atoms with van der Waals surface area (Å²) in [6.45, 7) is 3.78. The van der Waals surface area contributed by atoms with Crippen molar-refractivity contribution < 1.29 is 19.4 Å². The number of methoxy groups -OCH3 is 1. The lowest BCUT2D eigenvalue weighted by Crippen LogP contribution is -2.35. The molecule has 0 bridgehead atoms. The number of carboxylic acid groups (broad SMARTS) is 1. The van der Waals surface area contributed by atoms with Crippen LogP contribution in [0.2, 0.25) is 0 Å². The average Bonchev–Trinajstić information content (AvgIpc) is 2.54. The normalized spacial score (nSPS) is 12.2. The summed E-state index contributed by atoms with van der Waals surface area (Å²) in [6, 6.07) is 7.67. The molecule has 1 atom stereocenters. The van der Waals surface area contributed by atoms with Crippen molar-refractivity contribution >= 4 is 17.6 Å². The number of nitrogens with zero attached hydrogens (tertiary/aromatic N) is 1. The molecule has 1 aromatic rings. The summed E-state index contributed by atoms with van der Waals surface area (Å²) >= 11 is 0. The molecule has 1 aromatic carbocycles. The number of nitrogens with one attached hydrogen (secondary N) is 2. The van der Waals surface area contributed by atoms with Crippen LogP contribution in [0, 0.1) is 17.2 Å². The second-order valence-electron chi connectivity index (χ2n) is 5.51. The van der Waals surface area contributed by atoms with Crippen molar-refractivity contribution in [1.29, 1.82) is 5.26 Å². The van der Waals surface area contributed by atoms with Crippen LogP contribution >= 0.6 is 0 Å². The first kappa shape index (κ1) is 19.0. The third-order valence-electron chi connectivity index (χ3n) is 3.15. The number of benzene rings is 1. The molecule has 7 heteroatoms. The fourth-order valence-corrected chi connectivity index (χ4v) is 1.98. The molecule has 24 heavy (non-hydrogen) atoms. The first-order valence-electron chi connectivity index (χ1n) is 7.42. The van der Waals surface area contributed by atoms with Crippen LogP contribution in [-0.2, 0) is 9.59 Å². The van der Waals surface area contributed by atoms with Crippen molar-refractivity contribution in [1.82, 2.24) is 5.32 Å². The maximum Gasteiger partial charge on any atom is 0.326 e. The zero-order valence-corrected chi connectivity index (χ0v) is 13.9. The topological polar surface area (TPSA) is 111 Å². The van der Waals surface area contributed by atoms with Crippen LogP contribution in [-0.4, -0.2) is 30.1 Å². The molecular formula is C17H21N3O4. The van der Waals surface area contributed by atoms with E-state index in [9.17, 15) is 9.59 Å². The molecule has 0 fully saturated rings. The van der Waals surface area contributed by atoms with E-state index in [1.807, 2.05) is 13.8 Å². The maximum absolute atomic E-state index is 12.2. The lowest BCUT2D eigenvalue weighted by atomic mass is 10.0. The summed E-state index contributed by atoms with van der Waals surface area (Å²) in [4.78, 5) is 23.4. The van der Waals surface area contributed by atoms with Gasteiger partial charge in [0.15, 0.2) is 0 Å². The van der Waals surface area contributed by atoms with Crippen molar-refractivity contribution in [3.63, 3.8) is 0 Å². The number of aliphatic carboxylic acids is 1. The molecule has 0 aromatic heterocycles. The van der Waals surface area contributed by atoms with Crippen LogP contribution in [0.4, 0.5) is 5.69 Å². The molecule has 7 nitrogen and oxygen atoms in total. The van der Waals surface area contributed by atoms with Gasteiger partial charge in [0.25, 0.3) is 5.91 Å². The summed E-state index contributed by atoms with van der Waals surface area (Å²) in [5.41, 5.74) is 0.194. The van der Waals surface area contributed by atoms with Crippen LogP contribution in [0.1, 0.15) is 20.3 Å². The molecule has 0 saturated heterocycles. The largest absolute Gasteiger partial charge is 0.495 e. The number of amides is 1. The second kappa shape index (κ2) is 9.20. The number of para-hydroxylation sites is 2. The van der Waals surface area contributed by atoms with Crippen molar-refractivity contribution in [3.05, 3.63) is 36.0 Å². The number of carbonyl (C=O) groups excluding carboxylic acids is 1. The van der Waals surface area contributed by atoms with Crippen molar-refractivity contribution in [3.8, 4) is 11.8 Å². The van der Waals surface area contributed by atoms with Gasteiger partial charge in [-0.1, -0.05) is 26.0 Å². The molecular weight excluding hydrogens is 310 g/mol. The Balaban J connectivity index is 2.86. The predicted octanol–water partition coefficient (Wildman–Crippen LogP) is 2.13. The number of ether oxygens (including phenoxy) is 1. The third kappa shape index (κ3) is 5.65. The van der Waals surface area contributed by atoms with Crippen LogP contribution < -0.4 is 15.4 Å². The first-order chi connectivity index (χ1) is 11.4. The molecule has 0 aliphatic rings. The highest BCUT2D eigenvalue weighted by molar-refractivity contribution is 6.07. The van der Waals surface area contributed by atoms with Gasteiger partial charge in [0.2, 0.25) is 0 Å². The number of carbonyl (C=O) groups is 2. The Bertz CT molecular complexity index is 662. The minimum absolute atomic E-state index is 0.153. The van der Waals surface area contributed by atoms with Gasteiger partial charge < -0.3 is 20.5 Å². The minimum atomic E-state index is -1.04. The van der Waals surface area contributed by atoms with E-state index in [-0.39, 0.29) is 11.5 Å². The van der Waals surface area contributed by atoms with E-state index in [2.05, 4.69) is 10.6 Å².